The molecule has 11 rings (SSSR count). The third-order valence-electron chi connectivity index (χ3n) is 17.5. The van der Waals surface area contributed by atoms with Crippen LogP contribution >= 0.6 is 0 Å². The largest absolute Gasteiger partial charge is 0.507 e. The number of hydrogen-bond acceptors (Lipinski definition) is 41. The average Bonchev–Trinajstić information content (AvgIpc) is 0.807. The third-order valence-corrected chi connectivity index (χ3v) is 17.5. The van der Waals surface area contributed by atoms with Gasteiger partial charge in [0.25, 0.3) is 0 Å². The minimum Gasteiger partial charge on any atom is -0.507 e. The number of aromatic hydroxyl groups is 9. The second-order valence-electron chi connectivity index (χ2n) is 27.9. The van der Waals surface area contributed by atoms with Crippen molar-refractivity contribution >= 4 is 65.7 Å². The number of benzene rings is 11. The van der Waals surface area contributed by atoms with Gasteiger partial charge in [-0.1, -0.05) is 146 Å². The zero-order valence-electron chi connectivity index (χ0n) is 73.5. The molecule has 0 saturated carbocycles. The van der Waals surface area contributed by atoms with Crippen molar-refractivity contribution in [3.63, 3.8) is 0 Å². The highest BCUT2D eigenvalue weighted by Crippen LogP contribution is 2.26. The molecule has 0 aromatic heterocycles. The quantitative estimate of drug-likeness (QED) is 0.0154. The molecule has 41 nitrogen and oxygen atoms in total. The highest BCUT2D eigenvalue weighted by Gasteiger charge is 2.28. The van der Waals surface area contributed by atoms with Crippen LogP contribution in [0.3, 0.4) is 0 Å². The summed E-state index contributed by atoms with van der Waals surface area (Å²) in [6.07, 6.45) is -7.51. The Labute approximate surface area is 791 Å². The lowest BCUT2D eigenvalue weighted by molar-refractivity contribution is -0.0256. The van der Waals surface area contributed by atoms with E-state index in [1.165, 1.54) is 146 Å². The summed E-state index contributed by atoms with van der Waals surface area (Å²) in [7, 11) is 0. The molecule has 139 heavy (non-hydrogen) atoms. The van der Waals surface area contributed by atoms with Crippen LogP contribution < -0.4 is 0 Å². The Morgan fingerprint density at radius 1 is 0.173 bits per heavy atom. The van der Waals surface area contributed by atoms with E-state index >= 15 is 0 Å². The summed E-state index contributed by atoms with van der Waals surface area (Å²) in [6, 6.07) is 69.0. The molecule has 0 saturated heterocycles. The molecule has 0 amide bonds. The van der Waals surface area contributed by atoms with Gasteiger partial charge in [-0.3, -0.25) is 0 Å². The maximum atomic E-state index is 12.5. The molecule has 11 aromatic rings. The van der Waals surface area contributed by atoms with Crippen LogP contribution in [0.4, 0.5) is 0 Å². The predicted molar refractivity (Wildman–Crippen MR) is 482 cm³/mol. The highest BCUT2D eigenvalue weighted by atomic mass is 16.6. The van der Waals surface area contributed by atoms with Gasteiger partial charge in [0, 0.05) is 0 Å². The van der Waals surface area contributed by atoms with E-state index < -0.39 is 174 Å². The first-order valence-electron chi connectivity index (χ1n) is 41.2. The van der Waals surface area contributed by atoms with Crippen molar-refractivity contribution in [2.24, 2.45) is 0 Å². The maximum Gasteiger partial charge on any atom is 0.342 e. The van der Waals surface area contributed by atoms with E-state index in [0.29, 0.717) is 11.1 Å². The Hall–Kier alpha value is -16.6. The first-order valence-corrected chi connectivity index (χ1v) is 41.2. The molecular weight excluding hydrogens is 1830 g/mol. The van der Waals surface area contributed by atoms with Crippen LogP contribution in [-0.4, -0.2) is 298 Å². The first kappa shape index (κ1) is 113. The summed E-state index contributed by atoms with van der Waals surface area (Å²) in [5, 5.41) is 175. The van der Waals surface area contributed by atoms with Crippen LogP contribution in [0.2, 0.25) is 0 Å². The van der Waals surface area contributed by atoms with Crippen LogP contribution in [0.25, 0.3) is 0 Å². The average molecular weight is 1930 g/mol. The number of carbonyl (C=O) groups excluding carboxylic acids is 11. The van der Waals surface area contributed by atoms with Gasteiger partial charge in [-0.05, 0) is 133 Å². The summed E-state index contributed by atoms with van der Waals surface area (Å²) >= 11 is 0. The molecule has 0 spiro atoms. The second kappa shape index (κ2) is 62.0. The van der Waals surface area contributed by atoms with Crippen molar-refractivity contribution in [2.75, 3.05) is 92.5 Å². The van der Waals surface area contributed by atoms with Crippen LogP contribution in [0.5, 0.6) is 51.7 Å². The number of rotatable bonds is 36. The minimum atomic E-state index is -1.25. The second-order valence-corrected chi connectivity index (χ2v) is 27.9. The molecule has 3 unspecified atom stereocenters. The lowest BCUT2D eigenvalue weighted by atomic mass is 10.2. The Morgan fingerprint density at radius 3 is 0.561 bits per heavy atom. The number of aliphatic hydroxyl groups excluding tert-OH is 10. The molecule has 41 heteroatoms. The summed E-state index contributed by atoms with van der Waals surface area (Å²) in [6.45, 7) is -5.90. The zero-order valence-corrected chi connectivity index (χ0v) is 73.5. The van der Waals surface area contributed by atoms with Gasteiger partial charge < -0.3 is 149 Å². The fraction of sp³-hybridized carbons (Fsp3) is 0.214. The van der Waals surface area contributed by atoms with Gasteiger partial charge in [-0.25, -0.2) is 52.7 Å². The highest BCUT2D eigenvalue weighted by molar-refractivity contribution is 5.97. The SMILES string of the molecule is O=C(OC(CO)CO)c1ccccc1.O=C(OC(CO)CO)c1ccccc1O.O=C(OCC(CO)OC(=O)c1ccccc1O)c1ccccc1O.O=C(OCC(COC(=O)c1ccccc1O)OC(=O)c1ccccc1O)c1ccccc1O.O=C(OCC(O)CO)c1ccccc1.O=C(OCC(O)CO)c1ccccc1O.O=C(OCC(O)COC(=O)c1ccccc1O)c1ccccc1O. The number of para-hydroxylation sites is 9. The third kappa shape index (κ3) is 40.2. The monoisotopic (exact) mass is 1930 g/mol. The smallest absolute Gasteiger partial charge is 0.342 e. The molecule has 738 valence electrons. The van der Waals surface area contributed by atoms with Gasteiger partial charge in [0.15, 0.2) is 12.2 Å². The van der Waals surface area contributed by atoms with Gasteiger partial charge in [0.05, 0.1) is 57.4 Å². The van der Waals surface area contributed by atoms with E-state index in [9.17, 15) is 109 Å². The van der Waals surface area contributed by atoms with E-state index in [4.69, 9.17) is 88.2 Å². The van der Waals surface area contributed by atoms with E-state index in [0.717, 1.165) is 0 Å². The standard InChI is InChI=1S/C24H20O9.2C17H16O7.2C10H12O5.2C10H12O4/c25-19-10-4-1-7-16(19)22(28)31-13-15(33-24(30)18-9-3-6-12-21(18)27)14-32-23(29)17-8-2-5-11-20(17)26;18-11(9-23-16(21)12-5-1-3-7-14(12)19)10-24-17(22)13-6-2-4-8-15(13)20;18-9-11(24-17(22)13-6-2-4-8-15(13)20)10-23-16(21)12-5-1-3-7-14(12)19;11-5-7(12)6-15-10(14)8-3-1-2-4-9(8)13;11-5-7(6-12)15-10(14)8-3-1-2-4-9(8)13;11-6-9(12)7-14-10(13)8-4-2-1-3-5-8;11-6-9(7-12)14-10(13)8-4-2-1-3-5-8/h1-12,15,25-27H,13-14H2;2*1-8,11,18-20H,9-10H2;2*1-4,7,11-13H,5-6H2;2*1-5,9,11-12H,6-7H2. The molecule has 0 fully saturated rings. The number of ether oxygens (including phenoxy) is 11. The number of phenols is 9. The van der Waals surface area contributed by atoms with Crippen LogP contribution in [0.1, 0.15) is 114 Å². The number of phenolic OH excluding ortho intramolecular Hbond substituents is 9. The molecule has 0 radical (unpaired) electrons. The Balaban J connectivity index is 0.000000293. The minimum absolute atomic E-state index is 0.00407. The molecule has 3 atom stereocenters. The first-order chi connectivity index (χ1) is 66.7. The van der Waals surface area contributed by atoms with Crippen molar-refractivity contribution in [1.29, 1.82) is 0 Å². The molecule has 11 aromatic carbocycles. The number of aliphatic hydroxyl groups is 10. The van der Waals surface area contributed by atoms with Gasteiger partial charge in [-0.15, -0.1) is 0 Å². The van der Waals surface area contributed by atoms with Gasteiger partial charge in [-0.2, -0.15) is 0 Å². The summed E-state index contributed by atoms with van der Waals surface area (Å²) in [5.74, 6) is -10.8. The topological polar surface area (TPSA) is 674 Å². The summed E-state index contributed by atoms with van der Waals surface area (Å²) in [4.78, 5) is 130. The fourth-order valence-electron chi connectivity index (χ4n) is 10.2. The predicted octanol–water partition coefficient (Wildman–Crippen LogP) is 6.19. The van der Waals surface area contributed by atoms with Crippen molar-refractivity contribution < 1.29 is 202 Å². The number of hydrogen-bond donors (Lipinski definition) is 19. The van der Waals surface area contributed by atoms with Crippen molar-refractivity contribution in [3.05, 3.63) is 340 Å². The molecule has 0 aliphatic rings. The molecule has 0 aliphatic heterocycles. The lowest BCUT2D eigenvalue weighted by Gasteiger charge is -2.18. The van der Waals surface area contributed by atoms with E-state index in [-0.39, 0.29) is 128 Å². The summed E-state index contributed by atoms with van der Waals surface area (Å²) < 4.78 is 54.0. The summed E-state index contributed by atoms with van der Waals surface area (Å²) in [5.41, 5.74) is 0.352. The van der Waals surface area contributed by atoms with Gasteiger partial charge in [0.1, 0.15) is 179 Å². The molecule has 0 bridgehead atoms. The van der Waals surface area contributed by atoms with Gasteiger partial charge in [0.2, 0.25) is 0 Å². The Kier molecular flexibility index (Phi) is 50.4. The lowest BCUT2D eigenvalue weighted by Crippen LogP contribution is -2.31. The van der Waals surface area contributed by atoms with Crippen molar-refractivity contribution in [1.82, 2.24) is 0 Å². The molecule has 0 heterocycles. The molecule has 0 aliphatic carbocycles. The number of esters is 11. The van der Waals surface area contributed by atoms with Crippen molar-refractivity contribution in [2.45, 2.75) is 42.7 Å². The maximum absolute atomic E-state index is 12.5. The van der Waals surface area contributed by atoms with E-state index in [2.05, 4.69) is 4.74 Å². The van der Waals surface area contributed by atoms with Crippen LogP contribution in [0.15, 0.2) is 279 Å². The van der Waals surface area contributed by atoms with Crippen LogP contribution in [-0.2, 0) is 52.1 Å². The normalized spacial score (nSPS) is 10.9. The van der Waals surface area contributed by atoms with E-state index in [1.807, 2.05) is 0 Å². The van der Waals surface area contributed by atoms with Gasteiger partial charge >= 0.3 is 65.7 Å². The molecule has 19 N–H and O–H groups in total. The van der Waals surface area contributed by atoms with Crippen molar-refractivity contribution in [3.8, 4) is 51.7 Å². The molecular formula is C98H100O41. The fourth-order valence-corrected chi connectivity index (χ4v) is 10.2. The van der Waals surface area contributed by atoms with E-state index in [1.54, 1.807) is 133 Å². The zero-order chi connectivity index (χ0) is 102. The Bertz CT molecular complexity index is 5570. The van der Waals surface area contributed by atoms with Crippen LogP contribution in [0, 0.1) is 0 Å². The number of carbonyl (C=O) groups is 11. The Morgan fingerprint density at radius 2 is 0.338 bits per heavy atom.